The lowest BCUT2D eigenvalue weighted by molar-refractivity contribution is 0.0492. The van der Waals surface area contributed by atoms with Crippen molar-refractivity contribution in [2.45, 2.75) is 6.42 Å². The van der Waals surface area contributed by atoms with Gasteiger partial charge in [-0.15, -0.1) is 0 Å². The molecule has 1 aliphatic rings. The number of hydrogen-bond donors (Lipinski definition) is 0. The number of esters is 1. The Kier molecular flexibility index (Phi) is 4.63. The van der Waals surface area contributed by atoms with Crippen LogP contribution in [0, 0.1) is 0 Å². The van der Waals surface area contributed by atoms with E-state index >= 15 is 0 Å². The van der Waals surface area contributed by atoms with Gasteiger partial charge >= 0.3 is 5.97 Å². The predicted molar refractivity (Wildman–Crippen MR) is 70.9 cm³/mol. The van der Waals surface area contributed by atoms with Gasteiger partial charge in [-0.25, -0.2) is 4.79 Å². The van der Waals surface area contributed by atoms with Gasteiger partial charge in [0.1, 0.15) is 13.2 Å². The summed E-state index contributed by atoms with van der Waals surface area (Å²) < 4.78 is 16.0. The summed E-state index contributed by atoms with van der Waals surface area (Å²) in [4.78, 5) is 13.9. The Labute approximate surface area is 113 Å². The van der Waals surface area contributed by atoms with Crippen LogP contribution >= 0.6 is 0 Å². The Morgan fingerprint density at radius 3 is 2.74 bits per heavy atom. The van der Waals surface area contributed by atoms with E-state index in [9.17, 15) is 4.79 Å². The molecule has 1 aromatic rings. The lowest BCUT2D eigenvalue weighted by Gasteiger charge is -2.18. The van der Waals surface area contributed by atoms with Crippen LogP contribution in [-0.2, 0) is 4.74 Å². The summed E-state index contributed by atoms with van der Waals surface area (Å²) in [6, 6.07) is 5.11. The van der Waals surface area contributed by atoms with Crippen LogP contribution in [0.15, 0.2) is 18.2 Å². The molecular weight excluding hydrogens is 246 g/mol. The molecule has 0 saturated carbocycles. The first-order valence-electron chi connectivity index (χ1n) is 6.38. The minimum atomic E-state index is -0.323. The third-order valence-electron chi connectivity index (χ3n) is 2.76. The summed E-state index contributed by atoms with van der Waals surface area (Å²) in [6.07, 6.45) is 0.823. The molecule has 0 bridgehead atoms. The average molecular weight is 265 g/mol. The molecule has 19 heavy (non-hydrogen) atoms. The summed E-state index contributed by atoms with van der Waals surface area (Å²) in [7, 11) is 3.98. The second-order valence-corrected chi connectivity index (χ2v) is 4.65. The number of carbonyl (C=O) groups excluding carboxylic acids is 1. The molecule has 1 aliphatic heterocycles. The molecule has 0 N–H and O–H groups in total. The first kappa shape index (κ1) is 13.7. The highest BCUT2D eigenvalue weighted by Crippen LogP contribution is 2.30. The van der Waals surface area contributed by atoms with Gasteiger partial charge in [-0.3, -0.25) is 0 Å². The number of benzene rings is 1. The minimum absolute atomic E-state index is 0.323. The van der Waals surface area contributed by atoms with Gasteiger partial charge in [-0.2, -0.15) is 0 Å². The molecule has 0 saturated heterocycles. The first-order valence-corrected chi connectivity index (χ1v) is 6.38. The van der Waals surface area contributed by atoms with Gasteiger partial charge in [0.25, 0.3) is 0 Å². The summed E-state index contributed by atoms with van der Waals surface area (Å²) in [5.41, 5.74) is 0.495. The third-order valence-corrected chi connectivity index (χ3v) is 2.76. The predicted octanol–water partition coefficient (Wildman–Crippen LogP) is 1.57. The molecule has 0 amide bonds. The van der Waals surface area contributed by atoms with Crippen molar-refractivity contribution in [1.82, 2.24) is 4.90 Å². The number of carbonyl (C=O) groups is 1. The molecule has 1 aromatic carbocycles. The van der Waals surface area contributed by atoms with Gasteiger partial charge in [0.15, 0.2) is 11.5 Å². The van der Waals surface area contributed by atoms with Crippen LogP contribution in [0.25, 0.3) is 0 Å². The SMILES string of the molecule is CN(C)CCCOC(=O)c1ccc2c(c1)OCCO2. The number of ether oxygens (including phenoxy) is 3. The van der Waals surface area contributed by atoms with Crippen LogP contribution in [0.1, 0.15) is 16.8 Å². The fraction of sp³-hybridized carbons (Fsp3) is 0.500. The standard InChI is InChI=1S/C14H19NO4/c1-15(2)6-3-7-19-14(16)11-4-5-12-13(10-11)18-9-8-17-12/h4-5,10H,3,6-9H2,1-2H3. The van der Waals surface area contributed by atoms with Crippen LogP contribution in [0.4, 0.5) is 0 Å². The fourth-order valence-corrected chi connectivity index (χ4v) is 1.80. The minimum Gasteiger partial charge on any atom is -0.486 e. The highest BCUT2D eigenvalue weighted by atomic mass is 16.6. The zero-order chi connectivity index (χ0) is 13.7. The van der Waals surface area contributed by atoms with Gasteiger partial charge in [0.05, 0.1) is 12.2 Å². The van der Waals surface area contributed by atoms with E-state index in [1.54, 1.807) is 18.2 Å². The van der Waals surface area contributed by atoms with Crippen molar-refractivity contribution in [3.05, 3.63) is 23.8 Å². The number of fused-ring (bicyclic) bond motifs is 1. The van der Waals surface area contributed by atoms with Crippen LogP contribution in [0.2, 0.25) is 0 Å². The van der Waals surface area contributed by atoms with E-state index in [1.807, 2.05) is 14.1 Å². The van der Waals surface area contributed by atoms with Gasteiger partial charge in [-0.05, 0) is 38.7 Å². The van der Waals surface area contributed by atoms with Gasteiger partial charge in [0, 0.05) is 6.54 Å². The molecule has 0 unspecified atom stereocenters. The van der Waals surface area contributed by atoms with Crippen molar-refractivity contribution >= 4 is 5.97 Å². The fourth-order valence-electron chi connectivity index (χ4n) is 1.80. The van der Waals surface area contributed by atoms with Crippen molar-refractivity contribution in [1.29, 1.82) is 0 Å². The summed E-state index contributed by atoms with van der Waals surface area (Å²) in [5.74, 6) is 0.958. The van der Waals surface area contributed by atoms with Crippen molar-refractivity contribution < 1.29 is 19.0 Å². The quantitative estimate of drug-likeness (QED) is 0.597. The zero-order valence-electron chi connectivity index (χ0n) is 11.3. The molecule has 1 heterocycles. The molecule has 2 rings (SSSR count). The van der Waals surface area contributed by atoms with Crippen LogP contribution < -0.4 is 9.47 Å². The monoisotopic (exact) mass is 265 g/mol. The maximum atomic E-state index is 11.8. The topological polar surface area (TPSA) is 48.0 Å². The third kappa shape index (κ3) is 3.86. The van der Waals surface area contributed by atoms with Crippen molar-refractivity contribution in [3.63, 3.8) is 0 Å². The second-order valence-electron chi connectivity index (χ2n) is 4.65. The van der Waals surface area contributed by atoms with E-state index in [-0.39, 0.29) is 5.97 Å². The van der Waals surface area contributed by atoms with E-state index in [0.29, 0.717) is 36.9 Å². The average Bonchev–Trinajstić information content (AvgIpc) is 2.42. The number of nitrogens with zero attached hydrogens (tertiary/aromatic N) is 1. The van der Waals surface area contributed by atoms with E-state index in [4.69, 9.17) is 14.2 Å². The van der Waals surface area contributed by atoms with Crippen molar-refractivity contribution in [3.8, 4) is 11.5 Å². The molecule has 104 valence electrons. The molecule has 0 aliphatic carbocycles. The Hall–Kier alpha value is -1.75. The van der Waals surface area contributed by atoms with Crippen LogP contribution in [0.5, 0.6) is 11.5 Å². The maximum Gasteiger partial charge on any atom is 0.338 e. The van der Waals surface area contributed by atoms with E-state index in [1.165, 1.54) is 0 Å². The van der Waals surface area contributed by atoms with Crippen LogP contribution in [-0.4, -0.2) is 51.3 Å². The molecule has 0 radical (unpaired) electrons. The summed E-state index contributed by atoms with van der Waals surface area (Å²) >= 11 is 0. The van der Waals surface area contributed by atoms with E-state index in [0.717, 1.165) is 13.0 Å². The molecule has 0 fully saturated rings. The number of rotatable bonds is 5. The van der Waals surface area contributed by atoms with Gasteiger partial charge < -0.3 is 19.1 Å². The van der Waals surface area contributed by atoms with Gasteiger partial charge in [-0.1, -0.05) is 0 Å². The Morgan fingerprint density at radius 2 is 2.00 bits per heavy atom. The molecule has 5 heteroatoms. The lowest BCUT2D eigenvalue weighted by atomic mass is 10.2. The van der Waals surface area contributed by atoms with Crippen molar-refractivity contribution in [2.75, 3.05) is 40.5 Å². The van der Waals surface area contributed by atoms with E-state index in [2.05, 4.69) is 4.90 Å². The molecule has 0 atom stereocenters. The Bertz CT molecular complexity index is 445. The number of hydrogen-bond acceptors (Lipinski definition) is 5. The van der Waals surface area contributed by atoms with Crippen LogP contribution in [0.3, 0.4) is 0 Å². The van der Waals surface area contributed by atoms with Crippen molar-refractivity contribution in [2.24, 2.45) is 0 Å². The lowest BCUT2D eigenvalue weighted by Crippen LogP contribution is -2.17. The molecular formula is C14H19NO4. The summed E-state index contributed by atoms with van der Waals surface area (Å²) in [6.45, 7) is 2.37. The Balaban J connectivity index is 1.88. The molecule has 0 spiro atoms. The molecule has 5 nitrogen and oxygen atoms in total. The normalized spacial score (nSPS) is 13.4. The molecule has 0 aromatic heterocycles. The maximum absolute atomic E-state index is 11.8. The summed E-state index contributed by atoms with van der Waals surface area (Å²) in [5, 5.41) is 0. The Morgan fingerprint density at radius 1 is 1.26 bits per heavy atom. The first-order chi connectivity index (χ1) is 9.16. The van der Waals surface area contributed by atoms with Gasteiger partial charge in [0.2, 0.25) is 0 Å². The second kappa shape index (κ2) is 6.43. The largest absolute Gasteiger partial charge is 0.486 e. The zero-order valence-corrected chi connectivity index (χ0v) is 11.3. The van der Waals surface area contributed by atoms with E-state index < -0.39 is 0 Å². The highest BCUT2D eigenvalue weighted by molar-refractivity contribution is 5.90. The smallest absolute Gasteiger partial charge is 0.338 e. The highest BCUT2D eigenvalue weighted by Gasteiger charge is 2.15.